The van der Waals surface area contributed by atoms with Gasteiger partial charge in [0.05, 0.1) is 10.8 Å². The molecule has 2 aliphatic rings. The lowest BCUT2D eigenvalue weighted by molar-refractivity contribution is 0.0787. The summed E-state index contributed by atoms with van der Waals surface area (Å²) in [7, 11) is -0.939. The van der Waals surface area contributed by atoms with Crippen LogP contribution in [0.3, 0.4) is 0 Å². The molecule has 1 saturated carbocycles. The van der Waals surface area contributed by atoms with Crippen LogP contribution in [0.5, 0.6) is 0 Å². The first-order valence-corrected chi connectivity index (χ1v) is 10.6. The van der Waals surface area contributed by atoms with Crippen LogP contribution in [-0.4, -0.2) is 33.0 Å². The predicted molar refractivity (Wildman–Crippen MR) is 105 cm³/mol. The molecule has 4 nitrogen and oxygen atoms in total. The topological polar surface area (TPSA) is 46.6 Å². The van der Waals surface area contributed by atoms with Crippen LogP contribution in [0.1, 0.15) is 45.6 Å². The number of nitrogens with zero attached hydrogens (tertiary/aromatic N) is 1. The van der Waals surface area contributed by atoms with E-state index in [0.717, 1.165) is 37.9 Å². The van der Waals surface area contributed by atoms with Gasteiger partial charge in [-0.25, -0.2) is 4.79 Å². The number of amides is 1. The lowest BCUT2D eigenvalue weighted by Gasteiger charge is -2.32. The van der Waals surface area contributed by atoms with E-state index in [4.69, 9.17) is 4.74 Å². The van der Waals surface area contributed by atoms with Crippen LogP contribution in [0.15, 0.2) is 41.8 Å². The van der Waals surface area contributed by atoms with Crippen molar-refractivity contribution in [3.05, 3.63) is 47.4 Å². The van der Waals surface area contributed by atoms with Crippen molar-refractivity contribution in [3.63, 3.8) is 0 Å². The Morgan fingerprint density at radius 3 is 2.54 bits per heavy atom. The van der Waals surface area contributed by atoms with Gasteiger partial charge in [0.25, 0.3) is 0 Å². The zero-order valence-corrected chi connectivity index (χ0v) is 16.8. The van der Waals surface area contributed by atoms with Gasteiger partial charge in [0.15, 0.2) is 0 Å². The van der Waals surface area contributed by atoms with Crippen molar-refractivity contribution in [2.45, 2.75) is 51.4 Å². The third kappa shape index (κ3) is 4.56. The summed E-state index contributed by atoms with van der Waals surface area (Å²) < 4.78 is 17.4. The maximum atomic E-state index is 12.3. The standard InChI is InChI=1S/C21H29NO3S/c1-20(2,3)26(24)14-9-18-15-21(18)10-12-22(13-11-21)19(23)25-16-17-7-5-4-6-8-17/h4-9,14,18H,10-13,15-16H2,1-3H3/b14-9+. The van der Waals surface area contributed by atoms with E-state index in [9.17, 15) is 9.00 Å². The molecule has 0 bridgehead atoms. The molecule has 1 aromatic carbocycles. The first-order chi connectivity index (χ1) is 12.3. The van der Waals surface area contributed by atoms with Gasteiger partial charge in [0, 0.05) is 17.8 Å². The molecule has 0 aromatic heterocycles. The SMILES string of the molecule is CC(C)(C)S(=O)/C=C/C1CC12CCN(C(=O)OCc1ccccc1)CC2. The highest BCUT2D eigenvalue weighted by Gasteiger charge is 2.53. The summed E-state index contributed by atoms with van der Waals surface area (Å²) in [6.07, 6.45) is 5.09. The number of hydrogen-bond donors (Lipinski definition) is 0. The number of piperidine rings is 1. The molecule has 1 aliphatic heterocycles. The summed E-state index contributed by atoms with van der Waals surface area (Å²) in [6, 6.07) is 9.76. The predicted octanol–water partition coefficient (Wildman–Crippen LogP) is 4.49. The Morgan fingerprint density at radius 2 is 1.92 bits per heavy atom. The molecule has 1 spiro atoms. The van der Waals surface area contributed by atoms with Crippen molar-refractivity contribution in [1.29, 1.82) is 0 Å². The van der Waals surface area contributed by atoms with Gasteiger partial charge in [-0.15, -0.1) is 0 Å². The number of hydrogen-bond acceptors (Lipinski definition) is 3. The van der Waals surface area contributed by atoms with E-state index in [1.165, 1.54) is 0 Å². The van der Waals surface area contributed by atoms with E-state index >= 15 is 0 Å². The Kier molecular flexibility index (Phi) is 5.56. The van der Waals surface area contributed by atoms with Crippen molar-refractivity contribution >= 4 is 16.9 Å². The van der Waals surface area contributed by atoms with Gasteiger partial charge in [-0.2, -0.15) is 0 Å². The summed E-state index contributed by atoms with van der Waals surface area (Å²) in [5.41, 5.74) is 1.32. The zero-order chi connectivity index (χ0) is 18.8. The molecule has 1 saturated heterocycles. The number of ether oxygens (including phenoxy) is 1. The van der Waals surface area contributed by atoms with Gasteiger partial charge in [-0.3, -0.25) is 4.21 Å². The molecule has 0 N–H and O–H groups in total. The van der Waals surface area contributed by atoms with Gasteiger partial charge >= 0.3 is 6.09 Å². The molecule has 1 amide bonds. The highest BCUT2D eigenvalue weighted by atomic mass is 32.2. The van der Waals surface area contributed by atoms with Crippen molar-refractivity contribution in [2.24, 2.45) is 11.3 Å². The van der Waals surface area contributed by atoms with Crippen LogP contribution in [0, 0.1) is 11.3 Å². The van der Waals surface area contributed by atoms with Crippen LogP contribution in [0.25, 0.3) is 0 Å². The second kappa shape index (κ2) is 7.55. The summed E-state index contributed by atoms with van der Waals surface area (Å²) in [5.74, 6) is 0.510. The Morgan fingerprint density at radius 1 is 1.27 bits per heavy atom. The summed E-state index contributed by atoms with van der Waals surface area (Å²) in [6.45, 7) is 7.81. The average molecular weight is 376 g/mol. The molecule has 2 atom stereocenters. The normalized spacial score (nSPS) is 23.2. The van der Waals surface area contributed by atoms with Gasteiger partial charge < -0.3 is 9.64 Å². The molecule has 1 aliphatic carbocycles. The highest BCUT2D eigenvalue weighted by molar-refractivity contribution is 7.89. The minimum atomic E-state index is -0.939. The summed E-state index contributed by atoms with van der Waals surface area (Å²) >= 11 is 0. The minimum Gasteiger partial charge on any atom is -0.445 e. The maximum absolute atomic E-state index is 12.3. The largest absolute Gasteiger partial charge is 0.445 e. The van der Waals surface area contributed by atoms with E-state index < -0.39 is 10.8 Å². The molecule has 0 radical (unpaired) electrons. The first kappa shape index (κ1) is 19.2. The fraction of sp³-hybridized carbons (Fsp3) is 0.571. The van der Waals surface area contributed by atoms with Crippen molar-refractivity contribution in [1.82, 2.24) is 4.90 Å². The molecular formula is C21H29NO3S. The van der Waals surface area contributed by atoms with Gasteiger partial charge in [-0.05, 0) is 62.3 Å². The number of likely N-dealkylation sites (tertiary alicyclic amines) is 1. The molecule has 26 heavy (non-hydrogen) atoms. The monoisotopic (exact) mass is 375 g/mol. The molecule has 2 fully saturated rings. The lowest BCUT2D eigenvalue weighted by atomic mass is 9.91. The van der Waals surface area contributed by atoms with Gasteiger partial charge in [0.2, 0.25) is 0 Å². The van der Waals surface area contributed by atoms with Crippen LogP contribution < -0.4 is 0 Å². The number of allylic oxidation sites excluding steroid dienone is 1. The van der Waals surface area contributed by atoms with Gasteiger partial charge in [-0.1, -0.05) is 36.4 Å². The Bertz CT molecular complexity index is 685. The Balaban J connectivity index is 1.44. The fourth-order valence-corrected chi connectivity index (χ4v) is 4.28. The second-order valence-electron chi connectivity index (χ2n) is 8.44. The van der Waals surface area contributed by atoms with E-state index in [1.54, 1.807) is 0 Å². The van der Waals surface area contributed by atoms with Crippen LogP contribution in [-0.2, 0) is 22.1 Å². The van der Waals surface area contributed by atoms with Gasteiger partial charge in [0.1, 0.15) is 6.61 Å². The number of carbonyl (C=O) groups is 1. The molecule has 3 rings (SSSR count). The van der Waals surface area contributed by atoms with Crippen LogP contribution in [0.2, 0.25) is 0 Å². The Hall–Kier alpha value is -1.62. The fourth-order valence-electron chi connectivity index (χ4n) is 3.54. The molecule has 1 heterocycles. The van der Waals surface area contributed by atoms with Crippen LogP contribution >= 0.6 is 0 Å². The van der Waals surface area contributed by atoms with E-state index in [2.05, 4.69) is 6.08 Å². The van der Waals surface area contributed by atoms with E-state index in [1.807, 2.05) is 61.4 Å². The minimum absolute atomic E-state index is 0.204. The third-order valence-electron chi connectivity index (χ3n) is 5.51. The zero-order valence-electron chi connectivity index (χ0n) is 15.9. The van der Waals surface area contributed by atoms with Crippen molar-refractivity contribution in [3.8, 4) is 0 Å². The van der Waals surface area contributed by atoms with Crippen molar-refractivity contribution in [2.75, 3.05) is 13.1 Å². The molecule has 2 unspecified atom stereocenters. The van der Waals surface area contributed by atoms with Crippen LogP contribution in [0.4, 0.5) is 4.79 Å². The smallest absolute Gasteiger partial charge is 0.410 e. The quantitative estimate of drug-likeness (QED) is 0.779. The summed E-state index contributed by atoms with van der Waals surface area (Å²) in [5, 5.41) is 1.87. The molecular weight excluding hydrogens is 346 g/mol. The van der Waals surface area contributed by atoms with Crippen molar-refractivity contribution < 1.29 is 13.7 Å². The maximum Gasteiger partial charge on any atom is 0.410 e. The number of rotatable bonds is 4. The molecule has 142 valence electrons. The van der Waals surface area contributed by atoms with E-state index in [-0.39, 0.29) is 10.8 Å². The second-order valence-corrected chi connectivity index (χ2v) is 10.5. The van der Waals surface area contributed by atoms with E-state index in [0.29, 0.717) is 17.9 Å². The molecule has 5 heteroatoms. The lowest BCUT2D eigenvalue weighted by Crippen LogP contribution is -2.39. The number of benzene rings is 1. The third-order valence-corrected chi connectivity index (χ3v) is 7.12. The average Bonchev–Trinajstić information content (AvgIpc) is 3.30. The first-order valence-electron chi connectivity index (χ1n) is 9.35. The Labute approximate surface area is 159 Å². The molecule has 1 aromatic rings. The summed E-state index contributed by atoms with van der Waals surface area (Å²) in [4.78, 5) is 14.1. The number of carbonyl (C=O) groups excluding carboxylic acids is 1. The highest BCUT2D eigenvalue weighted by Crippen LogP contribution is 2.60.